The highest BCUT2D eigenvalue weighted by molar-refractivity contribution is 5.97. The Kier molecular flexibility index (Phi) is 4.20. The van der Waals surface area contributed by atoms with E-state index >= 15 is 0 Å². The summed E-state index contributed by atoms with van der Waals surface area (Å²) in [5, 5.41) is 0. The lowest BCUT2D eigenvalue weighted by Crippen LogP contribution is -2.35. The standard InChI is InChI=1S/C17H20N2O/c1-12-7-9-14(10-8-12)16(18)17(20)19(3)15-6-4-5-13(2)11-15/h4-11,16H,18H2,1-3H3. The highest BCUT2D eigenvalue weighted by atomic mass is 16.2. The average Bonchev–Trinajstić information content (AvgIpc) is 2.46. The Bertz CT molecular complexity index is 605. The topological polar surface area (TPSA) is 46.3 Å². The van der Waals surface area contributed by atoms with Crippen LogP contribution in [0.25, 0.3) is 0 Å². The van der Waals surface area contributed by atoms with Gasteiger partial charge in [0.1, 0.15) is 6.04 Å². The van der Waals surface area contributed by atoms with Crippen molar-refractivity contribution in [1.82, 2.24) is 0 Å². The molecule has 0 bridgehead atoms. The lowest BCUT2D eigenvalue weighted by molar-refractivity contribution is -0.119. The molecule has 0 aliphatic heterocycles. The number of benzene rings is 2. The van der Waals surface area contributed by atoms with Crippen LogP contribution in [-0.4, -0.2) is 13.0 Å². The van der Waals surface area contributed by atoms with Gasteiger partial charge in [0.25, 0.3) is 0 Å². The van der Waals surface area contributed by atoms with Crippen LogP contribution in [0.4, 0.5) is 5.69 Å². The van der Waals surface area contributed by atoms with E-state index in [4.69, 9.17) is 5.73 Å². The van der Waals surface area contributed by atoms with Crippen molar-refractivity contribution in [3.8, 4) is 0 Å². The number of aryl methyl sites for hydroxylation is 2. The molecule has 1 atom stereocenters. The number of nitrogens with zero attached hydrogens (tertiary/aromatic N) is 1. The molecule has 0 saturated heterocycles. The zero-order valence-electron chi connectivity index (χ0n) is 12.1. The molecular weight excluding hydrogens is 248 g/mol. The number of hydrogen-bond acceptors (Lipinski definition) is 2. The van der Waals surface area contributed by atoms with Gasteiger partial charge in [0.15, 0.2) is 0 Å². The van der Waals surface area contributed by atoms with Crippen molar-refractivity contribution in [3.63, 3.8) is 0 Å². The zero-order valence-corrected chi connectivity index (χ0v) is 12.1. The number of carbonyl (C=O) groups excluding carboxylic acids is 1. The van der Waals surface area contributed by atoms with Crippen LogP contribution < -0.4 is 10.6 Å². The van der Waals surface area contributed by atoms with E-state index in [1.165, 1.54) is 0 Å². The smallest absolute Gasteiger partial charge is 0.248 e. The van der Waals surface area contributed by atoms with Gasteiger partial charge in [-0.2, -0.15) is 0 Å². The number of nitrogens with two attached hydrogens (primary N) is 1. The Morgan fingerprint density at radius 3 is 2.30 bits per heavy atom. The van der Waals surface area contributed by atoms with Gasteiger partial charge in [-0.1, -0.05) is 42.0 Å². The fraction of sp³-hybridized carbons (Fsp3) is 0.235. The molecule has 20 heavy (non-hydrogen) atoms. The molecule has 3 heteroatoms. The van der Waals surface area contributed by atoms with Crippen LogP contribution in [0.3, 0.4) is 0 Å². The van der Waals surface area contributed by atoms with Gasteiger partial charge in [-0.15, -0.1) is 0 Å². The molecule has 1 unspecified atom stereocenters. The van der Waals surface area contributed by atoms with Gasteiger partial charge < -0.3 is 10.6 Å². The first-order chi connectivity index (χ1) is 9.49. The fourth-order valence-electron chi connectivity index (χ4n) is 2.09. The van der Waals surface area contributed by atoms with Gasteiger partial charge in [-0.25, -0.2) is 0 Å². The second kappa shape index (κ2) is 5.88. The summed E-state index contributed by atoms with van der Waals surface area (Å²) in [4.78, 5) is 14.0. The molecule has 104 valence electrons. The molecule has 1 amide bonds. The molecule has 0 heterocycles. The van der Waals surface area contributed by atoms with E-state index in [1.807, 2.05) is 62.4 Å². The highest BCUT2D eigenvalue weighted by Gasteiger charge is 2.20. The van der Waals surface area contributed by atoms with Crippen molar-refractivity contribution in [2.24, 2.45) is 5.73 Å². The lowest BCUT2D eigenvalue weighted by atomic mass is 10.0. The monoisotopic (exact) mass is 268 g/mol. The zero-order chi connectivity index (χ0) is 14.7. The van der Waals surface area contributed by atoms with Crippen LogP contribution in [0.2, 0.25) is 0 Å². The van der Waals surface area contributed by atoms with Crippen LogP contribution >= 0.6 is 0 Å². The molecule has 2 N–H and O–H groups in total. The van der Waals surface area contributed by atoms with Crippen LogP contribution in [0.1, 0.15) is 22.7 Å². The fourth-order valence-corrected chi connectivity index (χ4v) is 2.09. The second-order valence-electron chi connectivity index (χ2n) is 5.12. The first kappa shape index (κ1) is 14.3. The van der Waals surface area contributed by atoms with E-state index in [0.29, 0.717) is 0 Å². The van der Waals surface area contributed by atoms with Crippen LogP contribution in [0.15, 0.2) is 48.5 Å². The molecule has 2 aromatic carbocycles. The third-order valence-electron chi connectivity index (χ3n) is 3.42. The minimum absolute atomic E-state index is 0.112. The number of amides is 1. The van der Waals surface area contributed by atoms with Crippen LogP contribution in [-0.2, 0) is 4.79 Å². The van der Waals surface area contributed by atoms with Crippen molar-refractivity contribution in [2.75, 3.05) is 11.9 Å². The third-order valence-corrected chi connectivity index (χ3v) is 3.42. The van der Waals surface area contributed by atoms with Crippen molar-refractivity contribution >= 4 is 11.6 Å². The van der Waals surface area contributed by atoms with Crippen LogP contribution in [0, 0.1) is 13.8 Å². The number of rotatable bonds is 3. The maximum atomic E-state index is 12.4. The predicted octanol–water partition coefficient (Wildman–Crippen LogP) is 2.97. The van der Waals surface area contributed by atoms with Gasteiger partial charge in [-0.3, -0.25) is 4.79 Å². The van der Waals surface area contributed by atoms with Gasteiger partial charge in [0.2, 0.25) is 5.91 Å². The van der Waals surface area contributed by atoms with Crippen LogP contribution in [0.5, 0.6) is 0 Å². The van der Waals surface area contributed by atoms with E-state index in [-0.39, 0.29) is 5.91 Å². The van der Waals surface area contributed by atoms with E-state index < -0.39 is 6.04 Å². The molecule has 0 aliphatic carbocycles. The van der Waals surface area contributed by atoms with Crippen molar-refractivity contribution < 1.29 is 4.79 Å². The molecule has 0 aliphatic rings. The Morgan fingerprint density at radius 1 is 1.05 bits per heavy atom. The maximum Gasteiger partial charge on any atom is 0.248 e. The third kappa shape index (κ3) is 3.06. The van der Waals surface area contributed by atoms with E-state index in [9.17, 15) is 4.79 Å². The van der Waals surface area contributed by atoms with Crippen molar-refractivity contribution in [2.45, 2.75) is 19.9 Å². The Labute approximate surface area is 120 Å². The Hall–Kier alpha value is -2.13. The average molecular weight is 268 g/mol. The lowest BCUT2D eigenvalue weighted by Gasteiger charge is -2.22. The van der Waals surface area contributed by atoms with Gasteiger partial charge in [0.05, 0.1) is 0 Å². The summed E-state index contributed by atoms with van der Waals surface area (Å²) in [6.45, 7) is 4.01. The molecule has 0 spiro atoms. The molecule has 0 saturated carbocycles. The minimum atomic E-state index is -0.638. The van der Waals surface area contributed by atoms with Gasteiger partial charge in [0, 0.05) is 12.7 Å². The Morgan fingerprint density at radius 2 is 1.70 bits per heavy atom. The molecule has 3 nitrogen and oxygen atoms in total. The molecule has 0 aromatic heterocycles. The summed E-state index contributed by atoms with van der Waals surface area (Å²) < 4.78 is 0. The van der Waals surface area contributed by atoms with Crippen molar-refractivity contribution in [1.29, 1.82) is 0 Å². The van der Waals surface area contributed by atoms with Gasteiger partial charge >= 0.3 is 0 Å². The summed E-state index contributed by atoms with van der Waals surface area (Å²) in [5.74, 6) is -0.112. The first-order valence-corrected chi connectivity index (χ1v) is 6.65. The number of carbonyl (C=O) groups is 1. The maximum absolute atomic E-state index is 12.4. The van der Waals surface area contributed by atoms with E-state index in [0.717, 1.165) is 22.4 Å². The number of anilines is 1. The normalized spacial score (nSPS) is 12.0. The second-order valence-corrected chi connectivity index (χ2v) is 5.12. The molecule has 0 radical (unpaired) electrons. The molecule has 0 fully saturated rings. The number of hydrogen-bond donors (Lipinski definition) is 1. The van der Waals surface area contributed by atoms with Crippen molar-refractivity contribution in [3.05, 3.63) is 65.2 Å². The SMILES string of the molecule is Cc1ccc(C(N)C(=O)N(C)c2cccc(C)c2)cc1. The van der Waals surface area contributed by atoms with Gasteiger partial charge in [-0.05, 0) is 37.1 Å². The summed E-state index contributed by atoms with van der Waals surface area (Å²) in [7, 11) is 1.76. The predicted molar refractivity (Wildman–Crippen MR) is 82.7 cm³/mol. The summed E-state index contributed by atoms with van der Waals surface area (Å²) in [5.41, 5.74) is 10.0. The minimum Gasteiger partial charge on any atom is -0.316 e. The van der Waals surface area contributed by atoms with E-state index in [1.54, 1.807) is 11.9 Å². The first-order valence-electron chi connectivity index (χ1n) is 6.65. The quantitative estimate of drug-likeness (QED) is 0.930. The highest BCUT2D eigenvalue weighted by Crippen LogP contribution is 2.19. The Balaban J connectivity index is 2.20. The molecule has 2 rings (SSSR count). The largest absolute Gasteiger partial charge is 0.316 e. The summed E-state index contributed by atoms with van der Waals surface area (Å²) in [6, 6.07) is 14.9. The van der Waals surface area contributed by atoms with E-state index in [2.05, 4.69) is 0 Å². The molecular formula is C17H20N2O. The number of likely N-dealkylation sites (N-methyl/N-ethyl adjacent to an activating group) is 1. The molecule has 2 aromatic rings. The summed E-state index contributed by atoms with van der Waals surface area (Å²) >= 11 is 0. The summed E-state index contributed by atoms with van der Waals surface area (Å²) in [6.07, 6.45) is 0.